The number of halogens is 2. The van der Waals surface area contributed by atoms with Crippen molar-refractivity contribution in [1.82, 2.24) is 0 Å². The molecule has 0 unspecified atom stereocenters. The molecule has 0 aliphatic carbocycles. The highest BCUT2D eigenvalue weighted by Crippen LogP contribution is 2.28. The van der Waals surface area contributed by atoms with E-state index in [1.165, 1.54) is 12.1 Å². The Labute approximate surface area is 118 Å². The van der Waals surface area contributed by atoms with Crippen molar-refractivity contribution in [2.24, 2.45) is 5.73 Å². The summed E-state index contributed by atoms with van der Waals surface area (Å²) in [6.45, 7) is 2.25. The highest BCUT2D eigenvalue weighted by Gasteiger charge is 2.10. The molecule has 1 aromatic heterocycles. The van der Waals surface area contributed by atoms with Gasteiger partial charge in [0.15, 0.2) is 0 Å². The largest absolute Gasteiger partial charge is 0.488 e. The molecule has 2 rings (SSSR count). The van der Waals surface area contributed by atoms with Gasteiger partial charge in [-0.3, -0.25) is 0 Å². The molecule has 1 aromatic carbocycles. The summed E-state index contributed by atoms with van der Waals surface area (Å²) in [5, 5.41) is 1.97. The molecule has 0 bridgehead atoms. The summed E-state index contributed by atoms with van der Waals surface area (Å²) in [7, 11) is 0. The second-order valence-electron chi connectivity index (χ2n) is 3.95. The minimum Gasteiger partial charge on any atom is -0.488 e. The molecular weight excluding hydrogens is 317 g/mol. The highest BCUT2D eigenvalue weighted by molar-refractivity contribution is 9.10. The zero-order chi connectivity index (χ0) is 13.1. The van der Waals surface area contributed by atoms with E-state index in [9.17, 15) is 4.39 Å². The van der Waals surface area contributed by atoms with Gasteiger partial charge in [0.1, 0.15) is 18.2 Å². The molecule has 0 spiro atoms. The van der Waals surface area contributed by atoms with Crippen LogP contribution in [0.25, 0.3) is 0 Å². The lowest BCUT2D eigenvalue weighted by molar-refractivity contribution is 0.302. The van der Waals surface area contributed by atoms with Gasteiger partial charge < -0.3 is 10.5 Å². The standard InChI is InChI=1S/C13H13BrFNOS/c1-8(16)10-3-2-9(15)6-12(10)17-7-13-11(14)4-5-18-13/h2-6,8H,7,16H2,1H3/t8-/m1/s1. The summed E-state index contributed by atoms with van der Waals surface area (Å²) in [6.07, 6.45) is 0. The van der Waals surface area contributed by atoms with Crippen LogP contribution in [0.2, 0.25) is 0 Å². The van der Waals surface area contributed by atoms with Crippen molar-refractivity contribution in [2.45, 2.75) is 19.6 Å². The molecule has 0 fully saturated rings. The van der Waals surface area contributed by atoms with Gasteiger partial charge in [0, 0.05) is 22.1 Å². The van der Waals surface area contributed by atoms with Crippen molar-refractivity contribution in [3.8, 4) is 5.75 Å². The third-order valence-corrected chi connectivity index (χ3v) is 4.42. The minimum atomic E-state index is -0.320. The van der Waals surface area contributed by atoms with E-state index >= 15 is 0 Å². The monoisotopic (exact) mass is 329 g/mol. The van der Waals surface area contributed by atoms with Gasteiger partial charge in [0.05, 0.1) is 4.88 Å². The fourth-order valence-electron chi connectivity index (χ4n) is 1.58. The van der Waals surface area contributed by atoms with Gasteiger partial charge in [-0.15, -0.1) is 11.3 Å². The first-order chi connectivity index (χ1) is 8.58. The summed E-state index contributed by atoms with van der Waals surface area (Å²) in [5.41, 5.74) is 6.64. The van der Waals surface area contributed by atoms with Crippen molar-refractivity contribution in [1.29, 1.82) is 0 Å². The second kappa shape index (κ2) is 5.82. The molecule has 2 aromatic rings. The number of thiophene rings is 1. The summed E-state index contributed by atoms with van der Waals surface area (Å²) in [4.78, 5) is 1.06. The normalized spacial score (nSPS) is 12.4. The van der Waals surface area contributed by atoms with Crippen LogP contribution in [0.3, 0.4) is 0 Å². The van der Waals surface area contributed by atoms with Crippen molar-refractivity contribution in [3.05, 3.63) is 50.4 Å². The number of rotatable bonds is 4. The predicted octanol–water partition coefficient (Wildman–Crippen LogP) is 4.25. The zero-order valence-electron chi connectivity index (χ0n) is 9.82. The SMILES string of the molecule is C[C@@H](N)c1ccc(F)cc1OCc1sccc1Br. The Bertz CT molecular complexity index is 542. The Kier molecular flexibility index (Phi) is 4.37. The first-order valence-corrected chi connectivity index (χ1v) is 7.15. The quantitative estimate of drug-likeness (QED) is 0.910. The van der Waals surface area contributed by atoms with Crippen molar-refractivity contribution in [3.63, 3.8) is 0 Å². The van der Waals surface area contributed by atoms with Crippen LogP contribution in [0.15, 0.2) is 34.1 Å². The van der Waals surface area contributed by atoms with Crippen molar-refractivity contribution < 1.29 is 9.13 Å². The van der Waals surface area contributed by atoms with E-state index in [1.807, 2.05) is 18.4 Å². The molecule has 5 heteroatoms. The van der Waals surface area contributed by atoms with Gasteiger partial charge in [-0.05, 0) is 40.4 Å². The molecule has 0 saturated heterocycles. The summed E-state index contributed by atoms with van der Waals surface area (Å²) in [5.74, 6) is 0.185. The molecule has 2 nitrogen and oxygen atoms in total. The topological polar surface area (TPSA) is 35.2 Å². The van der Waals surface area contributed by atoms with Crippen LogP contribution in [-0.4, -0.2) is 0 Å². The van der Waals surface area contributed by atoms with E-state index in [2.05, 4.69) is 15.9 Å². The lowest BCUT2D eigenvalue weighted by Crippen LogP contribution is -2.08. The van der Waals surface area contributed by atoms with E-state index in [0.717, 1.165) is 14.9 Å². The molecule has 0 saturated carbocycles. The van der Waals surface area contributed by atoms with E-state index in [1.54, 1.807) is 17.4 Å². The van der Waals surface area contributed by atoms with Gasteiger partial charge >= 0.3 is 0 Å². The van der Waals surface area contributed by atoms with Gasteiger partial charge in [-0.2, -0.15) is 0 Å². The van der Waals surface area contributed by atoms with Crippen molar-refractivity contribution >= 4 is 27.3 Å². The van der Waals surface area contributed by atoms with Gasteiger partial charge in [-0.1, -0.05) is 6.07 Å². The van der Waals surface area contributed by atoms with Crippen molar-refractivity contribution in [2.75, 3.05) is 0 Å². The van der Waals surface area contributed by atoms with Crippen LogP contribution in [0, 0.1) is 5.82 Å². The number of hydrogen-bond donors (Lipinski definition) is 1. The Morgan fingerprint density at radius 2 is 2.22 bits per heavy atom. The number of hydrogen-bond acceptors (Lipinski definition) is 3. The number of ether oxygens (including phenoxy) is 1. The summed E-state index contributed by atoms with van der Waals surface area (Å²) < 4.78 is 19.9. The summed E-state index contributed by atoms with van der Waals surface area (Å²) in [6, 6.07) is 6.21. The number of benzene rings is 1. The average molecular weight is 330 g/mol. The highest BCUT2D eigenvalue weighted by atomic mass is 79.9. The fourth-order valence-corrected chi connectivity index (χ4v) is 2.96. The summed E-state index contributed by atoms with van der Waals surface area (Å²) >= 11 is 5.02. The van der Waals surface area contributed by atoms with E-state index < -0.39 is 0 Å². The van der Waals surface area contributed by atoms with Crippen LogP contribution in [0.5, 0.6) is 5.75 Å². The lowest BCUT2D eigenvalue weighted by Gasteiger charge is -2.13. The van der Waals surface area contributed by atoms with Crippen LogP contribution in [0.1, 0.15) is 23.4 Å². The molecule has 0 radical (unpaired) electrons. The molecule has 1 heterocycles. The Morgan fingerprint density at radius 3 is 2.83 bits per heavy atom. The first-order valence-electron chi connectivity index (χ1n) is 5.47. The molecule has 0 amide bonds. The molecular formula is C13H13BrFNOS. The molecule has 18 heavy (non-hydrogen) atoms. The van der Waals surface area contributed by atoms with Crippen LogP contribution >= 0.6 is 27.3 Å². The lowest BCUT2D eigenvalue weighted by atomic mass is 10.1. The Balaban J connectivity index is 2.18. The molecule has 0 aliphatic heterocycles. The smallest absolute Gasteiger partial charge is 0.127 e. The Morgan fingerprint density at radius 1 is 1.44 bits per heavy atom. The number of nitrogens with two attached hydrogens (primary N) is 1. The maximum atomic E-state index is 13.2. The van der Waals surface area contributed by atoms with Gasteiger partial charge in [-0.25, -0.2) is 4.39 Å². The van der Waals surface area contributed by atoms with E-state index in [0.29, 0.717) is 12.4 Å². The third-order valence-electron chi connectivity index (χ3n) is 2.52. The van der Waals surface area contributed by atoms with Crippen LogP contribution in [0.4, 0.5) is 4.39 Å². The molecule has 2 N–H and O–H groups in total. The maximum Gasteiger partial charge on any atom is 0.127 e. The zero-order valence-corrected chi connectivity index (χ0v) is 12.2. The first kappa shape index (κ1) is 13.5. The Hall–Kier alpha value is -0.910. The van der Waals surface area contributed by atoms with E-state index in [4.69, 9.17) is 10.5 Å². The minimum absolute atomic E-state index is 0.188. The fraction of sp³-hybridized carbons (Fsp3) is 0.231. The average Bonchev–Trinajstić information content (AvgIpc) is 2.72. The molecule has 0 aliphatic rings. The maximum absolute atomic E-state index is 13.2. The third kappa shape index (κ3) is 3.10. The molecule has 96 valence electrons. The van der Waals surface area contributed by atoms with Crippen LogP contribution < -0.4 is 10.5 Å². The molecule has 1 atom stereocenters. The van der Waals surface area contributed by atoms with Crippen LogP contribution in [-0.2, 0) is 6.61 Å². The van der Waals surface area contributed by atoms with Gasteiger partial charge in [0.25, 0.3) is 0 Å². The second-order valence-corrected chi connectivity index (χ2v) is 5.81. The predicted molar refractivity (Wildman–Crippen MR) is 75.4 cm³/mol. The van der Waals surface area contributed by atoms with Gasteiger partial charge in [0.2, 0.25) is 0 Å². The van der Waals surface area contributed by atoms with E-state index in [-0.39, 0.29) is 11.9 Å².